The fourth-order valence-electron chi connectivity index (χ4n) is 4.51. The van der Waals surface area contributed by atoms with Crippen LogP contribution in [0, 0.1) is 10.1 Å². The molecule has 2 aromatic heterocycles. The van der Waals surface area contributed by atoms with Crippen LogP contribution in [0.25, 0.3) is 17.4 Å². The standard InChI is InChI=1S/C28H19ClF3N3O7S/c1-3-41-26(37)22-23(14-4-6-15(29)7-5-14)34-25(36)21(43-27(34)33-24(22)28(30,31)32)13-17-9-11-20(42-17)18-12-16(35(38)39)8-10-19(18)40-2/h4-13,23H,3H2,1-2H3/b21-13-/t23-/m1/s1. The van der Waals surface area contributed by atoms with Crippen molar-refractivity contribution >= 4 is 40.7 Å². The number of hydrogen-bond donors (Lipinski definition) is 0. The van der Waals surface area contributed by atoms with Crippen LogP contribution in [-0.2, 0) is 9.53 Å². The minimum Gasteiger partial charge on any atom is -0.496 e. The highest BCUT2D eigenvalue weighted by atomic mass is 35.5. The Morgan fingerprint density at radius 2 is 1.93 bits per heavy atom. The second-order valence-electron chi connectivity index (χ2n) is 8.96. The number of esters is 1. The summed E-state index contributed by atoms with van der Waals surface area (Å²) in [4.78, 5) is 40.7. The van der Waals surface area contributed by atoms with Crippen molar-refractivity contribution < 1.29 is 36.8 Å². The third-order valence-corrected chi connectivity index (χ3v) is 7.58. The molecule has 0 bridgehead atoms. The third-order valence-electron chi connectivity index (χ3n) is 6.34. The normalized spacial score (nSPS) is 15.2. The minimum atomic E-state index is -5.05. The average molecular weight is 634 g/mol. The van der Waals surface area contributed by atoms with Crippen LogP contribution in [0.1, 0.15) is 24.3 Å². The smallest absolute Gasteiger partial charge is 0.434 e. The van der Waals surface area contributed by atoms with Gasteiger partial charge in [0, 0.05) is 23.2 Å². The molecular weight excluding hydrogens is 615 g/mol. The predicted molar refractivity (Wildman–Crippen MR) is 150 cm³/mol. The maximum atomic E-state index is 14.3. The van der Waals surface area contributed by atoms with Gasteiger partial charge in [0.2, 0.25) is 0 Å². The topological polar surface area (TPSA) is 126 Å². The molecule has 5 rings (SSSR count). The number of allylic oxidation sites excluding steroid dienone is 1. The highest BCUT2D eigenvalue weighted by Crippen LogP contribution is 2.39. The molecule has 4 aromatic rings. The number of alkyl halides is 3. The molecule has 1 aliphatic heterocycles. The van der Waals surface area contributed by atoms with E-state index >= 15 is 0 Å². The lowest BCUT2D eigenvalue weighted by molar-refractivity contribution is -0.384. The Kier molecular flexibility index (Phi) is 7.99. The molecule has 0 saturated heterocycles. The van der Waals surface area contributed by atoms with Crippen LogP contribution in [0.4, 0.5) is 18.9 Å². The molecule has 0 unspecified atom stereocenters. The number of non-ortho nitro benzene ring substituents is 1. The highest BCUT2D eigenvalue weighted by molar-refractivity contribution is 7.07. The second kappa shape index (κ2) is 11.5. The predicted octanol–water partition coefficient (Wildman–Crippen LogP) is 5.17. The number of halogens is 4. The van der Waals surface area contributed by atoms with Crippen LogP contribution < -0.4 is 19.6 Å². The van der Waals surface area contributed by atoms with Crippen molar-refractivity contribution in [1.29, 1.82) is 0 Å². The average Bonchev–Trinajstić information content (AvgIpc) is 3.56. The Morgan fingerprint density at radius 3 is 2.56 bits per heavy atom. The molecule has 10 nitrogen and oxygen atoms in total. The van der Waals surface area contributed by atoms with Crippen LogP contribution in [0.2, 0.25) is 5.02 Å². The molecule has 0 spiro atoms. The van der Waals surface area contributed by atoms with Crippen molar-refractivity contribution in [2.75, 3.05) is 13.7 Å². The molecule has 2 aromatic carbocycles. The van der Waals surface area contributed by atoms with E-state index in [0.29, 0.717) is 22.1 Å². The third kappa shape index (κ3) is 5.70. The van der Waals surface area contributed by atoms with E-state index in [4.69, 9.17) is 25.5 Å². The summed E-state index contributed by atoms with van der Waals surface area (Å²) in [6, 6.07) is 11.1. The molecule has 1 atom stereocenters. The molecule has 3 heterocycles. The first-order valence-electron chi connectivity index (χ1n) is 12.4. The van der Waals surface area contributed by atoms with E-state index in [0.717, 1.165) is 4.57 Å². The number of ether oxygens (including phenoxy) is 2. The molecule has 1 aliphatic rings. The molecule has 0 fully saturated rings. The Morgan fingerprint density at radius 1 is 1.21 bits per heavy atom. The number of nitro benzene ring substituents is 1. The van der Waals surface area contributed by atoms with Crippen molar-refractivity contribution in [1.82, 2.24) is 4.57 Å². The van der Waals surface area contributed by atoms with E-state index in [1.165, 1.54) is 74.7 Å². The van der Waals surface area contributed by atoms with Crippen LogP contribution in [0.3, 0.4) is 0 Å². The van der Waals surface area contributed by atoms with Crippen LogP contribution in [0.15, 0.2) is 80.1 Å². The number of methoxy groups -OCH3 is 1. The number of carbonyl (C=O) groups excluding carboxylic acids is 1. The maximum absolute atomic E-state index is 14.3. The number of rotatable bonds is 7. The van der Waals surface area contributed by atoms with Gasteiger partial charge in [0.25, 0.3) is 11.2 Å². The first-order chi connectivity index (χ1) is 20.4. The second-order valence-corrected chi connectivity index (χ2v) is 10.4. The summed E-state index contributed by atoms with van der Waals surface area (Å²) >= 11 is 6.66. The number of hydrogen-bond acceptors (Lipinski definition) is 9. The van der Waals surface area contributed by atoms with E-state index in [2.05, 4.69) is 4.99 Å². The van der Waals surface area contributed by atoms with Gasteiger partial charge in [-0.3, -0.25) is 19.5 Å². The van der Waals surface area contributed by atoms with Gasteiger partial charge in [-0.1, -0.05) is 35.1 Å². The quantitative estimate of drug-likeness (QED) is 0.156. The zero-order valence-corrected chi connectivity index (χ0v) is 23.7. The van der Waals surface area contributed by atoms with E-state index in [-0.39, 0.29) is 44.3 Å². The lowest BCUT2D eigenvalue weighted by atomic mass is 9.95. The highest BCUT2D eigenvalue weighted by Gasteiger charge is 2.45. The number of benzene rings is 2. The fraction of sp³-hybridized carbons (Fsp3) is 0.179. The van der Waals surface area contributed by atoms with Gasteiger partial charge in [-0.2, -0.15) is 13.2 Å². The Labute approximate surface area is 248 Å². The first-order valence-corrected chi connectivity index (χ1v) is 13.6. The van der Waals surface area contributed by atoms with Gasteiger partial charge in [-0.25, -0.2) is 9.79 Å². The zero-order valence-electron chi connectivity index (χ0n) is 22.2. The Bertz CT molecular complexity index is 1960. The van der Waals surface area contributed by atoms with Gasteiger partial charge in [-0.05, 0) is 42.8 Å². The van der Waals surface area contributed by atoms with Crippen molar-refractivity contribution in [2.45, 2.75) is 19.1 Å². The SMILES string of the molecule is CCOC(=O)C1=C(C(F)(F)F)N=c2s/c(=C\c3ccc(-c4cc([N+](=O)[O-])ccc4OC)o3)c(=O)n2[C@@H]1c1ccc(Cl)cc1. The van der Waals surface area contributed by atoms with E-state index in [9.17, 15) is 32.9 Å². The largest absolute Gasteiger partial charge is 0.496 e. The molecule has 0 aliphatic carbocycles. The van der Waals surface area contributed by atoms with Crippen molar-refractivity contribution in [2.24, 2.45) is 4.99 Å². The number of thiazole rings is 1. The van der Waals surface area contributed by atoms with Crippen molar-refractivity contribution in [3.63, 3.8) is 0 Å². The number of fused-ring (bicyclic) bond motifs is 1. The lowest BCUT2D eigenvalue weighted by Gasteiger charge is -2.26. The van der Waals surface area contributed by atoms with E-state index in [1.807, 2.05) is 0 Å². The monoisotopic (exact) mass is 633 g/mol. The van der Waals surface area contributed by atoms with Gasteiger partial charge < -0.3 is 13.9 Å². The van der Waals surface area contributed by atoms with Gasteiger partial charge in [0.05, 0.1) is 40.4 Å². The van der Waals surface area contributed by atoms with E-state index < -0.39 is 39.9 Å². The van der Waals surface area contributed by atoms with Gasteiger partial charge in [0.1, 0.15) is 17.3 Å². The zero-order chi connectivity index (χ0) is 31.1. The minimum absolute atomic E-state index is 0.0451. The summed E-state index contributed by atoms with van der Waals surface area (Å²) in [5.74, 6) is -0.672. The van der Waals surface area contributed by atoms with E-state index in [1.54, 1.807) is 0 Å². The summed E-state index contributed by atoms with van der Waals surface area (Å²) in [5, 5.41) is 11.6. The van der Waals surface area contributed by atoms with Crippen molar-refractivity contribution in [3.8, 4) is 17.1 Å². The van der Waals surface area contributed by atoms with Crippen molar-refractivity contribution in [3.05, 3.63) is 112 Å². The fourth-order valence-corrected chi connectivity index (χ4v) is 5.61. The molecule has 222 valence electrons. The van der Waals surface area contributed by atoms with Crippen LogP contribution >= 0.6 is 22.9 Å². The number of nitro groups is 1. The summed E-state index contributed by atoms with van der Waals surface area (Å²) in [7, 11) is 1.38. The van der Waals surface area contributed by atoms with Gasteiger partial charge in [0.15, 0.2) is 10.5 Å². The molecule has 0 amide bonds. The summed E-state index contributed by atoms with van der Waals surface area (Å²) in [5.41, 5.74) is -2.81. The molecule has 43 heavy (non-hydrogen) atoms. The first kappa shape index (κ1) is 29.8. The summed E-state index contributed by atoms with van der Waals surface area (Å²) < 4.78 is 59.8. The summed E-state index contributed by atoms with van der Waals surface area (Å²) in [6.07, 6.45) is -3.74. The van der Waals surface area contributed by atoms with Crippen LogP contribution in [0.5, 0.6) is 5.75 Å². The Hall–Kier alpha value is -4.69. The molecular formula is C28H19ClF3N3O7S. The lowest BCUT2D eigenvalue weighted by Crippen LogP contribution is -2.41. The molecule has 0 N–H and O–H groups in total. The van der Waals surface area contributed by atoms with Gasteiger partial charge in [-0.15, -0.1) is 0 Å². The number of aromatic nitrogens is 1. The number of furan rings is 1. The van der Waals surface area contributed by atoms with Gasteiger partial charge >= 0.3 is 12.1 Å². The molecule has 0 saturated carbocycles. The summed E-state index contributed by atoms with van der Waals surface area (Å²) in [6.45, 7) is 1.24. The number of nitrogens with zero attached hydrogens (tertiary/aromatic N) is 3. The molecule has 0 radical (unpaired) electrons. The molecule has 15 heteroatoms. The Balaban J connectivity index is 1.69. The maximum Gasteiger partial charge on any atom is 0.434 e. The number of carbonyl (C=O) groups is 1. The van der Waals surface area contributed by atoms with Crippen LogP contribution in [-0.4, -0.2) is 35.4 Å².